The fraction of sp³-hybridized carbons (Fsp3) is 1.00. The third kappa shape index (κ3) is 5.73. The van der Waals surface area contributed by atoms with Gasteiger partial charge < -0.3 is 4.74 Å². The van der Waals surface area contributed by atoms with Crippen molar-refractivity contribution in [1.82, 2.24) is 4.90 Å². The van der Waals surface area contributed by atoms with E-state index in [1.807, 2.05) is 13.8 Å². The standard InChI is InChI=1S/C16H33NO.C2H6/c1-7-8-15(6)9-16(11-18-12-16)17(14(4)5)10-13(2)3;1-2/h13-15H,7-12H2,1-6H3;1-2H3. The van der Waals surface area contributed by atoms with E-state index in [1.54, 1.807) is 0 Å². The molecule has 1 rings (SSSR count). The molecule has 1 atom stereocenters. The molecule has 1 aliphatic heterocycles. The lowest BCUT2D eigenvalue weighted by Gasteiger charge is -2.53. The van der Waals surface area contributed by atoms with Gasteiger partial charge in [0.25, 0.3) is 0 Å². The van der Waals surface area contributed by atoms with Gasteiger partial charge in [0.15, 0.2) is 0 Å². The fourth-order valence-electron chi connectivity index (χ4n) is 3.33. The number of rotatable bonds is 8. The van der Waals surface area contributed by atoms with E-state index in [0.717, 1.165) is 25.0 Å². The Morgan fingerprint density at radius 1 is 1.05 bits per heavy atom. The highest BCUT2D eigenvalue weighted by atomic mass is 16.5. The molecular formula is C18H39NO. The van der Waals surface area contributed by atoms with E-state index in [1.165, 1.54) is 25.8 Å². The van der Waals surface area contributed by atoms with Crippen molar-refractivity contribution in [2.45, 2.75) is 86.2 Å². The Balaban J connectivity index is 0.00000172. The molecule has 1 unspecified atom stereocenters. The van der Waals surface area contributed by atoms with Gasteiger partial charge in [-0.3, -0.25) is 4.90 Å². The maximum atomic E-state index is 5.59. The number of ether oxygens (including phenoxy) is 1. The van der Waals surface area contributed by atoms with Crippen LogP contribution in [0.3, 0.4) is 0 Å². The number of hydrogen-bond acceptors (Lipinski definition) is 2. The molecule has 20 heavy (non-hydrogen) atoms. The maximum Gasteiger partial charge on any atom is 0.0683 e. The monoisotopic (exact) mass is 285 g/mol. The van der Waals surface area contributed by atoms with Gasteiger partial charge in [-0.05, 0) is 32.1 Å². The summed E-state index contributed by atoms with van der Waals surface area (Å²) in [5.41, 5.74) is 0.326. The predicted octanol–water partition coefficient (Wildman–Crippen LogP) is 4.97. The van der Waals surface area contributed by atoms with Crippen LogP contribution in [0.2, 0.25) is 0 Å². The van der Waals surface area contributed by atoms with Crippen LogP contribution in [0, 0.1) is 11.8 Å². The summed E-state index contributed by atoms with van der Waals surface area (Å²) < 4.78 is 5.59. The van der Waals surface area contributed by atoms with Crippen molar-refractivity contribution in [3.63, 3.8) is 0 Å². The van der Waals surface area contributed by atoms with Crippen LogP contribution >= 0.6 is 0 Å². The molecule has 1 fully saturated rings. The van der Waals surface area contributed by atoms with E-state index in [0.29, 0.717) is 11.6 Å². The first-order valence-electron chi connectivity index (χ1n) is 8.75. The van der Waals surface area contributed by atoms with Gasteiger partial charge in [-0.1, -0.05) is 54.4 Å². The topological polar surface area (TPSA) is 12.5 Å². The van der Waals surface area contributed by atoms with E-state index < -0.39 is 0 Å². The van der Waals surface area contributed by atoms with E-state index in [4.69, 9.17) is 4.74 Å². The molecule has 0 aromatic rings. The lowest BCUT2D eigenvalue weighted by Crippen LogP contribution is -2.65. The average Bonchev–Trinajstić information content (AvgIpc) is 2.33. The maximum absolute atomic E-state index is 5.59. The second-order valence-corrected chi connectivity index (χ2v) is 6.96. The first kappa shape index (κ1) is 19.9. The molecule has 0 aromatic carbocycles. The zero-order valence-corrected chi connectivity index (χ0v) is 15.3. The van der Waals surface area contributed by atoms with Crippen LogP contribution in [0.25, 0.3) is 0 Å². The average molecular weight is 286 g/mol. The molecule has 0 amide bonds. The zero-order valence-electron chi connectivity index (χ0n) is 15.3. The van der Waals surface area contributed by atoms with Crippen molar-refractivity contribution in [1.29, 1.82) is 0 Å². The first-order chi connectivity index (χ1) is 9.41. The minimum Gasteiger partial charge on any atom is -0.377 e. The summed E-state index contributed by atoms with van der Waals surface area (Å²) in [6, 6.07) is 0.616. The Hall–Kier alpha value is -0.0800. The van der Waals surface area contributed by atoms with Crippen LogP contribution < -0.4 is 0 Å². The van der Waals surface area contributed by atoms with Crippen molar-refractivity contribution >= 4 is 0 Å². The molecule has 2 heteroatoms. The second kappa shape index (κ2) is 9.78. The summed E-state index contributed by atoms with van der Waals surface area (Å²) in [5, 5.41) is 0. The molecule has 0 bridgehead atoms. The highest BCUT2D eigenvalue weighted by molar-refractivity contribution is 4.99. The van der Waals surface area contributed by atoms with E-state index >= 15 is 0 Å². The van der Waals surface area contributed by atoms with Crippen LogP contribution in [-0.4, -0.2) is 36.2 Å². The van der Waals surface area contributed by atoms with Crippen LogP contribution in [0.4, 0.5) is 0 Å². The highest BCUT2D eigenvalue weighted by Crippen LogP contribution is 2.35. The third-order valence-electron chi connectivity index (χ3n) is 4.05. The van der Waals surface area contributed by atoms with Crippen LogP contribution in [0.15, 0.2) is 0 Å². The summed E-state index contributed by atoms with van der Waals surface area (Å²) in [5.74, 6) is 1.54. The molecule has 0 saturated carbocycles. The largest absolute Gasteiger partial charge is 0.377 e. The molecule has 0 aromatic heterocycles. The Labute approximate surface area is 128 Å². The van der Waals surface area contributed by atoms with Gasteiger partial charge >= 0.3 is 0 Å². The normalized spacial score (nSPS) is 18.8. The molecule has 1 aliphatic rings. The molecular weight excluding hydrogens is 246 g/mol. The van der Waals surface area contributed by atoms with Crippen molar-refractivity contribution < 1.29 is 4.74 Å². The highest BCUT2D eigenvalue weighted by Gasteiger charge is 2.45. The van der Waals surface area contributed by atoms with Gasteiger partial charge in [-0.2, -0.15) is 0 Å². The lowest BCUT2D eigenvalue weighted by molar-refractivity contribution is -0.162. The molecule has 0 radical (unpaired) electrons. The Kier molecular flexibility index (Phi) is 9.74. The zero-order chi connectivity index (χ0) is 15.8. The smallest absolute Gasteiger partial charge is 0.0683 e. The Morgan fingerprint density at radius 3 is 1.90 bits per heavy atom. The van der Waals surface area contributed by atoms with E-state index in [2.05, 4.69) is 46.4 Å². The van der Waals surface area contributed by atoms with Crippen LogP contribution in [0.1, 0.15) is 74.7 Å². The minimum absolute atomic E-state index is 0.326. The van der Waals surface area contributed by atoms with Gasteiger partial charge in [0, 0.05) is 12.6 Å². The Bertz CT molecular complexity index is 234. The van der Waals surface area contributed by atoms with Crippen molar-refractivity contribution in [2.75, 3.05) is 19.8 Å². The fourth-order valence-corrected chi connectivity index (χ4v) is 3.33. The lowest BCUT2D eigenvalue weighted by atomic mass is 9.81. The number of nitrogens with zero attached hydrogens (tertiary/aromatic N) is 1. The Morgan fingerprint density at radius 2 is 1.60 bits per heavy atom. The van der Waals surface area contributed by atoms with E-state index in [-0.39, 0.29) is 0 Å². The van der Waals surface area contributed by atoms with Crippen molar-refractivity contribution in [3.8, 4) is 0 Å². The van der Waals surface area contributed by atoms with Crippen LogP contribution in [0.5, 0.6) is 0 Å². The quantitative estimate of drug-likeness (QED) is 0.624. The molecule has 0 spiro atoms. The van der Waals surface area contributed by atoms with Gasteiger partial charge in [0.05, 0.1) is 18.8 Å². The van der Waals surface area contributed by atoms with Crippen molar-refractivity contribution in [2.24, 2.45) is 11.8 Å². The minimum atomic E-state index is 0.326. The summed E-state index contributed by atoms with van der Waals surface area (Å²) in [6.45, 7) is 21.0. The first-order valence-corrected chi connectivity index (χ1v) is 8.75. The van der Waals surface area contributed by atoms with Gasteiger partial charge in [-0.25, -0.2) is 0 Å². The third-order valence-corrected chi connectivity index (χ3v) is 4.05. The van der Waals surface area contributed by atoms with E-state index in [9.17, 15) is 0 Å². The molecule has 122 valence electrons. The van der Waals surface area contributed by atoms with Crippen LogP contribution in [-0.2, 0) is 4.74 Å². The molecule has 1 heterocycles. The van der Waals surface area contributed by atoms with Crippen molar-refractivity contribution in [3.05, 3.63) is 0 Å². The number of hydrogen-bond donors (Lipinski definition) is 0. The summed E-state index contributed by atoms with van der Waals surface area (Å²) in [7, 11) is 0. The summed E-state index contributed by atoms with van der Waals surface area (Å²) in [4.78, 5) is 2.70. The van der Waals surface area contributed by atoms with Gasteiger partial charge in [-0.15, -0.1) is 0 Å². The molecule has 0 aliphatic carbocycles. The van der Waals surface area contributed by atoms with Gasteiger partial charge in [0.1, 0.15) is 0 Å². The SMILES string of the molecule is CC.CCCC(C)CC1(N(CC(C)C)C(C)C)COC1. The van der Waals surface area contributed by atoms with Gasteiger partial charge in [0.2, 0.25) is 0 Å². The second-order valence-electron chi connectivity index (χ2n) is 6.96. The summed E-state index contributed by atoms with van der Waals surface area (Å²) >= 11 is 0. The molecule has 0 N–H and O–H groups in total. The summed E-state index contributed by atoms with van der Waals surface area (Å²) in [6.07, 6.45) is 3.94. The molecule has 2 nitrogen and oxygen atoms in total. The predicted molar refractivity (Wildman–Crippen MR) is 90.3 cm³/mol. The molecule has 1 saturated heterocycles.